The zero-order valence-corrected chi connectivity index (χ0v) is 19.5. The maximum absolute atomic E-state index is 10.4. The van der Waals surface area contributed by atoms with Gasteiger partial charge in [0.05, 0.1) is 26.4 Å². The van der Waals surface area contributed by atoms with E-state index in [0.717, 1.165) is 31.3 Å². The summed E-state index contributed by atoms with van der Waals surface area (Å²) in [5, 5.41) is 13.9. The minimum Gasteiger partial charge on any atom is -0.497 e. The zero-order valence-electron chi connectivity index (χ0n) is 19.5. The summed E-state index contributed by atoms with van der Waals surface area (Å²) >= 11 is 0. The molecule has 1 saturated heterocycles. The molecule has 0 aromatic heterocycles. The molecule has 1 aliphatic heterocycles. The van der Waals surface area contributed by atoms with E-state index in [4.69, 9.17) is 9.47 Å². The van der Waals surface area contributed by atoms with Gasteiger partial charge in [0.25, 0.3) is 0 Å². The third kappa shape index (κ3) is 5.16. The molecule has 5 nitrogen and oxygen atoms in total. The molecule has 0 radical (unpaired) electrons. The number of allylic oxidation sites excluding steroid dienone is 1. The van der Waals surface area contributed by atoms with Gasteiger partial charge in [-0.25, -0.2) is 0 Å². The van der Waals surface area contributed by atoms with Crippen LogP contribution in [0.2, 0.25) is 0 Å². The summed E-state index contributed by atoms with van der Waals surface area (Å²) in [7, 11) is 1.70. The molecule has 0 unspecified atom stereocenters. The second kappa shape index (κ2) is 10.0. The van der Waals surface area contributed by atoms with Gasteiger partial charge in [-0.05, 0) is 79.3 Å². The van der Waals surface area contributed by atoms with Crippen molar-refractivity contribution in [1.82, 2.24) is 10.2 Å². The van der Waals surface area contributed by atoms with Gasteiger partial charge in [-0.15, -0.1) is 0 Å². The highest BCUT2D eigenvalue weighted by Crippen LogP contribution is 2.59. The molecule has 3 aliphatic carbocycles. The molecule has 2 N–H and O–H groups in total. The van der Waals surface area contributed by atoms with Crippen molar-refractivity contribution < 1.29 is 14.6 Å². The lowest BCUT2D eigenvalue weighted by molar-refractivity contribution is -0.0235. The van der Waals surface area contributed by atoms with Crippen LogP contribution in [0.4, 0.5) is 0 Å². The average molecular weight is 429 g/mol. The molecule has 1 aromatic carbocycles. The first-order chi connectivity index (χ1) is 15.0. The van der Waals surface area contributed by atoms with Crippen molar-refractivity contribution in [3.05, 3.63) is 41.5 Å². The lowest BCUT2D eigenvalue weighted by Crippen LogP contribution is -2.48. The first-order valence-corrected chi connectivity index (χ1v) is 12.0. The van der Waals surface area contributed by atoms with Gasteiger partial charge in [-0.3, -0.25) is 4.90 Å². The molecular formula is C26H40N2O3. The molecule has 5 rings (SSSR count). The summed E-state index contributed by atoms with van der Waals surface area (Å²) in [5.41, 5.74) is 3.17. The van der Waals surface area contributed by atoms with Crippen LogP contribution in [-0.4, -0.2) is 62.6 Å². The van der Waals surface area contributed by atoms with Crippen LogP contribution in [0.3, 0.4) is 0 Å². The number of nitrogens with one attached hydrogen (secondary N) is 1. The fourth-order valence-corrected chi connectivity index (χ4v) is 5.74. The van der Waals surface area contributed by atoms with Gasteiger partial charge < -0.3 is 19.9 Å². The van der Waals surface area contributed by atoms with Gasteiger partial charge in [0.2, 0.25) is 0 Å². The highest BCUT2D eigenvalue weighted by molar-refractivity contribution is 5.29. The Labute approximate surface area is 187 Å². The lowest BCUT2D eigenvalue weighted by atomic mass is 9.49. The van der Waals surface area contributed by atoms with Gasteiger partial charge >= 0.3 is 0 Å². The third-order valence-corrected chi connectivity index (χ3v) is 7.96. The predicted octanol–water partition coefficient (Wildman–Crippen LogP) is 3.79. The molecular weight excluding hydrogens is 388 g/mol. The van der Waals surface area contributed by atoms with E-state index in [9.17, 15) is 5.11 Å². The summed E-state index contributed by atoms with van der Waals surface area (Å²) in [6, 6.07) is 8.71. The van der Waals surface area contributed by atoms with Crippen LogP contribution in [0.25, 0.3) is 0 Å². The predicted molar refractivity (Wildman–Crippen MR) is 124 cm³/mol. The monoisotopic (exact) mass is 428 g/mol. The molecule has 0 spiro atoms. The molecule has 4 atom stereocenters. The molecule has 1 heterocycles. The number of fused-ring (bicyclic) bond motifs is 1. The van der Waals surface area contributed by atoms with Crippen molar-refractivity contribution in [3.63, 3.8) is 0 Å². The number of aliphatic hydroxyl groups excluding tert-OH is 1. The van der Waals surface area contributed by atoms with Gasteiger partial charge in [0, 0.05) is 19.1 Å². The molecule has 2 bridgehead atoms. The molecule has 0 amide bonds. The second-order valence-corrected chi connectivity index (χ2v) is 10.2. The topological polar surface area (TPSA) is 54.0 Å². The Morgan fingerprint density at radius 3 is 2.55 bits per heavy atom. The third-order valence-electron chi connectivity index (χ3n) is 7.96. The standard InChI is InChI=1S/C26H40N2O3/c1-26(2)21-9-6-20(24(26)14-21)17-31-18-22(29)15-27-16-25(28-12-4-5-13-28)19-7-10-23(30-3)11-8-19/h6-8,10-11,21-22,24-25,27,29H,4-5,9,12-18H2,1-3H3/t21-,22+,24+,25-/m0/s1. The summed E-state index contributed by atoms with van der Waals surface area (Å²) in [5.74, 6) is 2.41. The van der Waals surface area contributed by atoms with E-state index in [-0.39, 0.29) is 0 Å². The van der Waals surface area contributed by atoms with Crippen molar-refractivity contribution >= 4 is 0 Å². The van der Waals surface area contributed by atoms with Crippen LogP contribution >= 0.6 is 0 Å². The van der Waals surface area contributed by atoms with Crippen LogP contribution in [0.15, 0.2) is 35.9 Å². The summed E-state index contributed by atoms with van der Waals surface area (Å²) < 4.78 is 11.2. The van der Waals surface area contributed by atoms with E-state index < -0.39 is 6.10 Å². The van der Waals surface area contributed by atoms with Crippen molar-refractivity contribution in [2.45, 2.75) is 51.7 Å². The first kappa shape index (κ1) is 22.8. The smallest absolute Gasteiger partial charge is 0.118 e. The maximum atomic E-state index is 10.4. The van der Waals surface area contributed by atoms with Crippen LogP contribution < -0.4 is 10.1 Å². The fraction of sp³-hybridized carbons (Fsp3) is 0.692. The Hall–Kier alpha value is -1.40. The Morgan fingerprint density at radius 2 is 1.90 bits per heavy atom. The molecule has 4 aliphatic rings. The lowest BCUT2D eigenvalue weighted by Gasteiger charge is -2.56. The highest BCUT2D eigenvalue weighted by atomic mass is 16.5. The Bertz CT molecular complexity index is 740. The number of methoxy groups -OCH3 is 1. The Morgan fingerprint density at radius 1 is 1.16 bits per heavy atom. The number of hydrogen-bond donors (Lipinski definition) is 2. The van der Waals surface area contributed by atoms with Crippen LogP contribution in [0.1, 0.15) is 51.1 Å². The van der Waals surface area contributed by atoms with Crippen molar-refractivity contribution in [2.75, 3.05) is 46.5 Å². The number of aliphatic hydroxyl groups is 1. The molecule has 31 heavy (non-hydrogen) atoms. The van der Waals surface area contributed by atoms with E-state index in [1.54, 1.807) is 7.11 Å². The minimum atomic E-state index is -0.485. The summed E-state index contributed by atoms with van der Waals surface area (Å²) in [6.45, 7) is 9.48. The van der Waals surface area contributed by atoms with Gasteiger partial charge in [-0.1, -0.05) is 32.1 Å². The molecule has 172 valence electrons. The van der Waals surface area contributed by atoms with Crippen LogP contribution in [0.5, 0.6) is 5.75 Å². The SMILES string of the molecule is COc1ccc([C@H](CNC[C@@H](O)COCC2=CC[C@H]3C[C@H]2C3(C)C)N2CCCC2)cc1. The van der Waals surface area contributed by atoms with E-state index in [1.807, 2.05) is 12.1 Å². The number of likely N-dealkylation sites (tertiary alicyclic amines) is 1. The summed E-state index contributed by atoms with van der Waals surface area (Å²) in [4.78, 5) is 2.54. The number of nitrogens with zero attached hydrogens (tertiary/aromatic N) is 1. The highest BCUT2D eigenvalue weighted by Gasteiger charge is 2.50. The van der Waals surface area contributed by atoms with E-state index in [0.29, 0.717) is 37.1 Å². The van der Waals surface area contributed by atoms with Crippen LogP contribution in [-0.2, 0) is 4.74 Å². The molecule has 2 fully saturated rings. The summed E-state index contributed by atoms with van der Waals surface area (Å²) in [6.07, 6.45) is 6.92. The Balaban J connectivity index is 1.21. The minimum absolute atomic E-state index is 0.322. The van der Waals surface area contributed by atoms with Gasteiger partial charge in [0.1, 0.15) is 5.75 Å². The van der Waals surface area contributed by atoms with Crippen LogP contribution in [0, 0.1) is 17.3 Å². The van der Waals surface area contributed by atoms with Crippen molar-refractivity contribution in [3.8, 4) is 5.75 Å². The number of rotatable bonds is 11. The Kier molecular flexibility index (Phi) is 7.37. The van der Waals surface area contributed by atoms with E-state index in [2.05, 4.69) is 42.3 Å². The van der Waals surface area contributed by atoms with Crippen molar-refractivity contribution in [2.24, 2.45) is 17.3 Å². The van der Waals surface area contributed by atoms with E-state index in [1.165, 1.54) is 36.8 Å². The zero-order chi connectivity index (χ0) is 21.8. The van der Waals surface area contributed by atoms with Gasteiger partial charge in [0.15, 0.2) is 0 Å². The normalized spacial score (nSPS) is 26.8. The number of benzene rings is 1. The van der Waals surface area contributed by atoms with Gasteiger partial charge in [-0.2, -0.15) is 0 Å². The maximum Gasteiger partial charge on any atom is 0.118 e. The average Bonchev–Trinajstić information content (AvgIpc) is 3.31. The van der Waals surface area contributed by atoms with E-state index >= 15 is 0 Å². The second-order valence-electron chi connectivity index (χ2n) is 10.2. The first-order valence-electron chi connectivity index (χ1n) is 12.0. The van der Waals surface area contributed by atoms with Crippen molar-refractivity contribution in [1.29, 1.82) is 0 Å². The number of hydrogen-bond acceptors (Lipinski definition) is 5. The number of ether oxygens (including phenoxy) is 2. The molecule has 1 aromatic rings. The molecule has 5 heteroatoms. The largest absolute Gasteiger partial charge is 0.497 e. The quantitative estimate of drug-likeness (QED) is 0.525. The molecule has 1 saturated carbocycles. The fourth-order valence-electron chi connectivity index (χ4n) is 5.74.